The largest absolute Gasteiger partial charge is 0.356 e. The normalized spacial score (nSPS) is 23.7. The molecule has 2 N–H and O–H groups in total. The number of nitrogens with one attached hydrogen (secondary N) is 2. The molecule has 2 atom stereocenters. The maximum Gasteiger partial charge on any atom is 0.191 e. The van der Waals surface area contributed by atoms with Crippen molar-refractivity contribution in [3.63, 3.8) is 0 Å². The maximum absolute atomic E-state index is 5.20. The molecule has 0 aromatic rings. The number of aliphatic imine (C=N–C) groups is 1. The van der Waals surface area contributed by atoms with Crippen molar-refractivity contribution in [2.75, 3.05) is 20.1 Å². The summed E-state index contributed by atoms with van der Waals surface area (Å²) in [4.78, 5) is 4.12. The van der Waals surface area contributed by atoms with Gasteiger partial charge in [-0.3, -0.25) is 4.99 Å². The number of guanidine groups is 1. The number of hydrogen-bond acceptors (Lipinski definition) is 1. The molecule has 1 fully saturated rings. The van der Waals surface area contributed by atoms with Crippen LogP contribution >= 0.6 is 24.0 Å². The Labute approximate surface area is 129 Å². The van der Waals surface area contributed by atoms with Gasteiger partial charge in [0, 0.05) is 13.6 Å². The molecule has 0 bridgehead atoms. The Morgan fingerprint density at radius 3 is 2.78 bits per heavy atom. The number of hydrogen-bond donors (Lipinski definition) is 2. The molecule has 1 aliphatic rings. The Hall–Kier alpha value is -0.440. The minimum Gasteiger partial charge on any atom is -0.356 e. The van der Waals surface area contributed by atoms with Gasteiger partial charge < -0.3 is 10.6 Å². The van der Waals surface area contributed by atoms with E-state index >= 15 is 0 Å². The molecule has 0 saturated heterocycles. The number of terminal acetylenes is 1. The molecule has 1 rings (SSSR count). The van der Waals surface area contributed by atoms with Crippen LogP contribution < -0.4 is 10.6 Å². The van der Waals surface area contributed by atoms with Crippen LogP contribution in [0.1, 0.15) is 39.0 Å². The van der Waals surface area contributed by atoms with E-state index in [9.17, 15) is 0 Å². The fourth-order valence-electron chi connectivity index (χ4n) is 2.57. The SMILES string of the molecule is C#CCNC(=NC)NCCC1CCCC(C)C1.I. The number of nitrogens with zero attached hydrogens (tertiary/aromatic N) is 1. The Morgan fingerprint density at radius 1 is 1.39 bits per heavy atom. The van der Waals surface area contributed by atoms with Crippen molar-refractivity contribution in [3.05, 3.63) is 0 Å². The predicted octanol–water partition coefficient (Wildman–Crippen LogP) is 2.62. The molecule has 1 aliphatic carbocycles. The van der Waals surface area contributed by atoms with E-state index in [0.29, 0.717) is 6.54 Å². The van der Waals surface area contributed by atoms with E-state index in [-0.39, 0.29) is 24.0 Å². The highest BCUT2D eigenvalue weighted by Crippen LogP contribution is 2.30. The van der Waals surface area contributed by atoms with E-state index in [1.165, 1.54) is 32.1 Å². The highest BCUT2D eigenvalue weighted by Gasteiger charge is 2.18. The molecule has 0 radical (unpaired) electrons. The maximum atomic E-state index is 5.20. The molecule has 0 aromatic heterocycles. The van der Waals surface area contributed by atoms with Crippen LogP contribution in [0.2, 0.25) is 0 Å². The molecule has 3 nitrogen and oxygen atoms in total. The molecular weight excluding hydrogens is 337 g/mol. The molecule has 18 heavy (non-hydrogen) atoms. The molecule has 104 valence electrons. The van der Waals surface area contributed by atoms with Crippen LogP contribution in [0.4, 0.5) is 0 Å². The highest BCUT2D eigenvalue weighted by atomic mass is 127. The smallest absolute Gasteiger partial charge is 0.191 e. The Morgan fingerprint density at radius 2 is 2.17 bits per heavy atom. The summed E-state index contributed by atoms with van der Waals surface area (Å²) in [6, 6.07) is 0. The van der Waals surface area contributed by atoms with Crippen molar-refractivity contribution < 1.29 is 0 Å². The predicted molar refractivity (Wildman–Crippen MR) is 89.4 cm³/mol. The van der Waals surface area contributed by atoms with Crippen LogP contribution in [0, 0.1) is 24.2 Å². The van der Waals surface area contributed by atoms with Gasteiger partial charge in [-0.2, -0.15) is 0 Å². The number of rotatable bonds is 4. The van der Waals surface area contributed by atoms with Crippen molar-refractivity contribution in [1.29, 1.82) is 0 Å². The van der Waals surface area contributed by atoms with Crippen LogP contribution in [0.25, 0.3) is 0 Å². The van der Waals surface area contributed by atoms with Crippen LogP contribution in [0.5, 0.6) is 0 Å². The van der Waals surface area contributed by atoms with E-state index in [0.717, 1.165) is 24.3 Å². The minimum atomic E-state index is 0. The van der Waals surface area contributed by atoms with Crippen molar-refractivity contribution in [1.82, 2.24) is 10.6 Å². The van der Waals surface area contributed by atoms with E-state index in [1.54, 1.807) is 7.05 Å². The van der Waals surface area contributed by atoms with Crippen molar-refractivity contribution in [2.24, 2.45) is 16.8 Å². The summed E-state index contributed by atoms with van der Waals surface area (Å²) in [5.74, 6) is 5.15. The fraction of sp³-hybridized carbons (Fsp3) is 0.786. The van der Waals surface area contributed by atoms with E-state index < -0.39 is 0 Å². The van der Waals surface area contributed by atoms with Gasteiger partial charge in [-0.15, -0.1) is 30.4 Å². The summed E-state index contributed by atoms with van der Waals surface area (Å²) in [5.41, 5.74) is 0. The van der Waals surface area contributed by atoms with E-state index in [2.05, 4.69) is 28.5 Å². The van der Waals surface area contributed by atoms with Gasteiger partial charge in [-0.05, 0) is 24.7 Å². The first-order valence-electron chi connectivity index (χ1n) is 6.64. The third kappa shape index (κ3) is 7.10. The van der Waals surface area contributed by atoms with Gasteiger partial charge in [0.1, 0.15) is 0 Å². The molecular formula is C14H26IN3. The lowest BCUT2D eigenvalue weighted by Gasteiger charge is -2.26. The minimum absolute atomic E-state index is 0. The van der Waals surface area contributed by atoms with Gasteiger partial charge in [0.2, 0.25) is 0 Å². The molecule has 0 aliphatic heterocycles. The van der Waals surface area contributed by atoms with Crippen molar-refractivity contribution in [3.8, 4) is 12.3 Å². The quantitative estimate of drug-likeness (QED) is 0.349. The molecule has 0 amide bonds. The zero-order valence-corrected chi connectivity index (χ0v) is 13.9. The van der Waals surface area contributed by atoms with Gasteiger partial charge in [-0.25, -0.2) is 0 Å². The molecule has 0 heterocycles. The molecule has 1 saturated carbocycles. The first kappa shape index (κ1) is 17.6. The fourth-order valence-corrected chi connectivity index (χ4v) is 2.57. The summed E-state index contributed by atoms with van der Waals surface area (Å²) in [6.07, 6.45) is 12.0. The summed E-state index contributed by atoms with van der Waals surface area (Å²) < 4.78 is 0. The summed E-state index contributed by atoms with van der Waals surface area (Å²) >= 11 is 0. The van der Waals surface area contributed by atoms with E-state index in [1.807, 2.05) is 0 Å². The summed E-state index contributed by atoms with van der Waals surface area (Å²) in [7, 11) is 1.77. The summed E-state index contributed by atoms with van der Waals surface area (Å²) in [5, 5.41) is 6.38. The Kier molecular flexibility index (Phi) is 10.2. The van der Waals surface area contributed by atoms with Crippen LogP contribution in [0.15, 0.2) is 4.99 Å². The molecule has 0 spiro atoms. The topological polar surface area (TPSA) is 36.4 Å². The van der Waals surface area contributed by atoms with Gasteiger partial charge in [0.05, 0.1) is 6.54 Å². The van der Waals surface area contributed by atoms with E-state index in [4.69, 9.17) is 6.42 Å². The first-order valence-corrected chi connectivity index (χ1v) is 6.64. The van der Waals surface area contributed by atoms with Crippen LogP contribution in [0.3, 0.4) is 0 Å². The van der Waals surface area contributed by atoms with Gasteiger partial charge in [0.25, 0.3) is 0 Å². The Bertz CT molecular complexity index is 283. The van der Waals surface area contributed by atoms with Gasteiger partial charge >= 0.3 is 0 Å². The second-order valence-corrected chi connectivity index (χ2v) is 4.98. The highest BCUT2D eigenvalue weighted by molar-refractivity contribution is 14.0. The molecule has 4 heteroatoms. The second kappa shape index (κ2) is 10.5. The lowest BCUT2D eigenvalue weighted by atomic mass is 9.81. The second-order valence-electron chi connectivity index (χ2n) is 4.98. The lowest BCUT2D eigenvalue weighted by Crippen LogP contribution is -2.38. The van der Waals surface area contributed by atoms with Crippen LogP contribution in [-0.4, -0.2) is 26.1 Å². The average molecular weight is 363 g/mol. The summed E-state index contributed by atoms with van der Waals surface area (Å²) in [6.45, 7) is 3.88. The lowest BCUT2D eigenvalue weighted by molar-refractivity contribution is 0.270. The third-order valence-electron chi connectivity index (χ3n) is 3.47. The van der Waals surface area contributed by atoms with Crippen molar-refractivity contribution >= 4 is 29.9 Å². The third-order valence-corrected chi connectivity index (χ3v) is 3.47. The molecule has 2 unspecified atom stereocenters. The van der Waals surface area contributed by atoms with Crippen LogP contribution in [-0.2, 0) is 0 Å². The number of halogens is 1. The Balaban J connectivity index is 0.00000289. The average Bonchev–Trinajstić information content (AvgIpc) is 2.33. The molecule has 0 aromatic carbocycles. The van der Waals surface area contributed by atoms with Gasteiger partial charge in [-0.1, -0.05) is 32.1 Å². The van der Waals surface area contributed by atoms with Crippen molar-refractivity contribution in [2.45, 2.75) is 39.0 Å². The zero-order chi connectivity index (χ0) is 12.5. The monoisotopic (exact) mass is 363 g/mol. The zero-order valence-electron chi connectivity index (χ0n) is 11.5. The first-order chi connectivity index (χ1) is 8.26. The standard InChI is InChI=1S/C14H25N3.HI/c1-4-9-16-14(15-3)17-10-8-13-7-5-6-12(2)11-13;/h1,12-13H,5-11H2,2-3H3,(H2,15,16,17);1H. The van der Waals surface area contributed by atoms with Gasteiger partial charge in [0.15, 0.2) is 5.96 Å².